The van der Waals surface area contributed by atoms with E-state index in [1.54, 1.807) is 18.2 Å². The molecule has 2 aliphatic rings. The molecule has 2 N–H and O–H groups in total. The molecule has 1 saturated carbocycles. The van der Waals surface area contributed by atoms with E-state index in [0.29, 0.717) is 16.9 Å². The van der Waals surface area contributed by atoms with Crippen LogP contribution in [0.1, 0.15) is 24.0 Å². The number of hydrogen-bond acceptors (Lipinski definition) is 3. The number of nitrogens with one attached hydrogen (secondary N) is 1. The maximum Gasteiger partial charge on any atom is 0.294 e. The molecule has 1 saturated heterocycles. The van der Waals surface area contributed by atoms with Crippen LogP contribution in [0.5, 0.6) is 0 Å². The first kappa shape index (κ1) is 19.9. The molecular weight excluding hydrogens is 372 g/mol. The lowest BCUT2D eigenvalue weighted by molar-refractivity contribution is 0.000551. The van der Waals surface area contributed by atoms with Gasteiger partial charge in [-0.2, -0.15) is 8.42 Å². The summed E-state index contributed by atoms with van der Waals surface area (Å²) >= 11 is 0. The van der Waals surface area contributed by atoms with Gasteiger partial charge in [0.05, 0.1) is 4.90 Å². The molecular formula is C20H23F2NO3S. The Hall–Kier alpha value is -1.83. The lowest BCUT2D eigenvalue weighted by Gasteiger charge is -2.54. The highest BCUT2D eigenvalue weighted by molar-refractivity contribution is 7.85. The zero-order chi connectivity index (χ0) is 19.7. The summed E-state index contributed by atoms with van der Waals surface area (Å²) in [5.74, 6) is -0.302. The number of hydrogen-bond donors (Lipinski definition) is 2. The van der Waals surface area contributed by atoms with Crippen molar-refractivity contribution in [2.45, 2.75) is 31.1 Å². The van der Waals surface area contributed by atoms with Crippen LogP contribution in [0.2, 0.25) is 0 Å². The van der Waals surface area contributed by atoms with E-state index in [-0.39, 0.29) is 4.90 Å². The van der Waals surface area contributed by atoms with Crippen molar-refractivity contribution in [3.63, 3.8) is 0 Å². The van der Waals surface area contributed by atoms with Crippen molar-refractivity contribution >= 4 is 10.1 Å². The molecule has 0 radical (unpaired) electrons. The van der Waals surface area contributed by atoms with Crippen molar-refractivity contribution in [1.29, 1.82) is 0 Å². The van der Waals surface area contributed by atoms with Gasteiger partial charge in [0.25, 0.3) is 10.1 Å². The Labute approximate surface area is 158 Å². The Morgan fingerprint density at radius 1 is 1.11 bits per heavy atom. The van der Waals surface area contributed by atoms with Gasteiger partial charge >= 0.3 is 0 Å². The van der Waals surface area contributed by atoms with E-state index >= 15 is 0 Å². The molecule has 1 aliphatic carbocycles. The molecule has 146 valence electrons. The summed E-state index contributed by atoms with van der Waals surface area (Å²) in [6, 6.07) is 9.89. The predicted molar refractivity (Wildman–Crippen MR) is 99.1 cm³/mol. The minimum atomic E-state index is -4.02. The Bertz CT molecular complexity index is 901. The molecule has 7 heteroatoms. The second kappa shape index (κ2) is 7.66. The third-order valence-corrected chi connectivity index (χ3v) is 6.15. The van der Waals surface area contributed by atoms with Gasteiger partial charge in [0.15, 0.2) is 0 Å². The summed E-state index contributed by atoms with van der Waals surface area (Å²) in [4.78, 5) is -0.0666. The fourth-order valence-corrected chi connectivity index (χ4v) is 4.27. The first-order valence-electron chi connectivity index (χ1n) is 8.86. The third-order valence-electron chi connectivity index (χ3n) is 5.29. The smallest absolute Gasteiger partial charge is 0.294 e. The van der Waals surface area contributed by atoms with Crippen LogP contribution in [-0.4, -0.2) is 26.1 Å². The van der Waals surface area contributed by atoms with E-state index in [9.17, 15) is 17.2 Å². The second-order valence-corrected chi connectivity index (χ2v) is 9.03. The maximum atomic E-state index is 13.4. The molecule has 1 spiro atoms. The van der Waals surface area contributed by atoms with Gasteiger partial charge in [-0.3, -0.25) is 4.55 Å². The summed E-state index contributed by atoms with van der Waals surface area (Å²) in [5, 5.41) is 3.28. The molecule has 4 rings (SSSR count). The van der Waals surface area contributed by atoms with Crippen LogP contribution in [0, 0.1) is 29.9 Å². The van der Waals surface area contributed by atoms with Gasteiger partial charge in [0.2, 0.25) is 0 Å². The molecule has 27 heavy (non-hydrogen) atoms. The first-order valence-corrected chi connectivity index (χ1v) is 10.3. The lowest BCUT2D eigenvalue weighted by atomic mass is 9.57. The zero-order valence-corrected chi connectivity index (χ0v) is 15.9. The second-order valence-electron chi connectivity index (χ2n) is 7.61. The van der Waals surface area contributed by atoms with E-state index in [2.05, 4.69) is 5.32 Å². The van der Waals surface area contributed by atoms with Crippen LogP contribution in [0.3, 0.4) is 0 Å². The molecule has 0 amide bonds. The lowest BCUT2D eigenvalue weighted by Crippen LogP contribution is -2.60. The third kappa shape index (κ3) is 4.91. The van der Waals surface area contributed by atoms with E-state index in [1.807, 2.05) is 6.92 Å². The van der Waals surface area contributed by atoms with Gasteiger partial charge in [0, 0.05) is 19.2 Å². The van der Waals surface area contributed by atoms with Crippen LogP contribution >= 0.6 is 0 Å². The summed E-state index contributed by atoms with van der Waals surface area (Å²) < 4.78 is 55.7. The maximum absolute atomic E-state index is 13.4. The van der Waals surface area contributed by atoms with Crippen molar-refractivity contribution in [1.82, 2.24) is 5.32 Å². The molecule has 2 fully saturated rings. The van der Waals surface area contributed by atoms with E-state index in [0.717, 1.165) is 31.1 Å². The molecule has 1 heterocycles. The fourth-order valence-electron chi connectivity index (χ4n) is 3.78. The molecule has 4 nitrogen and oxygen atoms in total. The molecule has 0 unspecified atom stereocenters. The average molecular weight is 395 g/mol. The largest absolute Gasteiger partial charge is 0.316 e. The molecule has 0 aromatic heterocycles. The van der Waals surface area contributed by atoms with Crippen LogP contribution in [0.4, 0.5) is 8.78 Å². The van der Waals surface area contributed by atoms with Gasteiger partial charge in [-0.15, -0.1) is 0 Å². The van der Waals surface area contributed by atoms with Crippen LogP contribution < -0.4 is 5.32 Å². The quantitative estimate of drug-likeness (QED) is 0.777. The van der Waals surface area contributed by atoms with Gasteiger partial charge < -0.3 is 5.32 Å². The van der Waals surface area contributed by atoms with Crippen LogP contribution in [0.25, 0.3) is 0 Å². The van der Waals surface area contributed by atoms with E-state index in [1.165, 1.54) is 31.0 Å². The fraction of sp³-hybridized carbons (Fsp3) is 0.400. The first-order chi connectivity index (χ1) is 12.7. The monoisotopic (exact) mass is 395 g/mol. The zero-order valence-electron chi connectivity index (χ0n) is 15.1. The highest BCUT2D eigenvalue weighted by Crippen LogP contribution is 2.49. The normalized spacial score (nSPS) is 18.2. The van der Waals surface area contributed by atoms with Crippen molar-refractivity contribution in [3.05, 3.63) is 65.2 Å². The van der Waals surface area contributed by atoms with Crippen molar-refractivity contribution in [2.24, 2.45) is 11.3 Å². The number of benzene rings is 2. The molecule has 0 bridgehead atoms. The van der Waals surface area contributed by atoms with Gasteiger partial charge in [0.1, 0.15) is 11.6 Å². The minimum Gasteiger partial charge on any atom is -0.316 e. The summed E-state index contributed by atoms with van der Waals surface area (Å²) in [7, 11) is -4.02. The molecule has 2 aromatic carbocycles. The van der Waals surface area contributed by atoms with Gasteiger partial charge in [-0.05, 0) is 61.3 Å². The molecule has 1 aliphatic heterocycles. The summed E-state index contributed by atoms with van der Waals surface area (Å²) in [6.07, 6.45) is 3.14. The number of halogens is 2. The summed E-state index contributed by atoms with van der Waals surface area (Å²) in [5.41, 5.74) is 2.15. The molecule has 2 aromatic rings. The average Bonchev–Trinajstić information content (AvgIpc) is 2.50. The van der Waals surface area contributed by atoms with Crippen LogP contribution in [-0.2, 0) is 16.5 Å². The van der Waals surface area contributed by atoms with Gasteiger partial charge in [-0.1, -0.05) is 23.8 Å². The topological polar surface area (TPSA) is 66.4 Å². The van der Waals surface area contributed by atoms with Crippen molar-refractivity contribution in [3.8, 4) is 0 Å². The van der Waals surface area contributed by atoms with Crippen molar-refractivity contribution in [2.75, 3.05) is 13.1 Å². The highest BCUT2D eigenvalue weighted by Gasteiger charge is 2.47. The SMILES string of the molecule is Cc1ccc(S(=O)(=O)O)cc1.Fc1ccc(CC2CC3(CNC3)C2)c(F)c1. The van der Waals surface area contributed by atoms with Crippen LogP contribution in [0.15, 0.2) is 47.4 Å². The standard InChI is InChI=1S/C13H15F2N.C7H8O3S/c14-11-2-1-10(12(15)4-11)3-9-5-13(6-9)7-16-8-13;1-6-2-4-7(5-3-6)11(8,9)10/h1-2,4,9,16H,3,5-8H2;2-5H,1H3,(H,8,9,10). The predicted octanol–water partition coefficient (Wildman–Crippen LogP) is 3.75. The Morgan fingerprint density at radius 2 is 1.74 bits per heavy atom. The summed E-state index contributed by atoms with van der Waals surface area (Å²) in [6.45, 7) is 4.08. The Balaban J connectivity index is 0.000000168. The Morgan fingerprint density at radius 3 is 2.22 bits per heavy atom. The molecule has 0 atom stereocenters. The van der Waals surface area contributed by atoms with Crippen molar-refractivity contribution < 1.29 is 21.8 Å². The van der Waals surface area contributed by atoms with E-state index in [4.69, 9.17) is 4.55 Å². The highest BCUT2D eigenvalue weighted by atomic mass is 32.2. The number of aryl methyl sites for hydroxylation is 1. The van der Waals surface area contributed by atoms with Gasteiger partial charge in [-0.25, -0.2) is 8.78 Å². The van der Waals surface area contributed by atoms with E-state index < -0.39 is 21.8 Å². The number of rotatable bonds is 3. The minimum absolute atomic E-state index is 0.0666. The Kier molecular flexibility index (Phi) is 5.65.